The molecule has 5 rings (SSSR count). The largest absolute Gasteiger partial charge is 0.507 e. The summed E-state index contributed by atoms with van der Waals surface area (Å²) in [6.07, 6.45) is 0. The van der Waals surface area contributed by atoms with Crippen molar-refractivity contribution >= 4 is 0 Å². The van der Waals surface area contributed by atoms with E-state index in [0.29, 0.717) is 41.7 Å². The summed E-state index contributed by atoms with van der Waals surface area (Å²) >= 11 is 0. The Bertz CT molecular complexity index is 1410. The van der Waals surface area contributed by atoms with Gasteiger partial charge in [-0.3, -0.25) is 0 Å². The molecule has 4 aromatic rings. The first-order valence-corrected chi connectivity index (χ1v) is 8.87. The van der Waals surface area contributed by atoms with Gasteiger partial charge in [-0.2, -0.15) is 0 Å². The molecule has 0 heterocycles. The van der Waals surface area contributed by atoms with E-state index in [9.17, 15) is 20.4 Å². The van der Waals surface area contributed by atoms with Gasteiger partial charge in [0, 0.05) is 20.9 Å². The molecule has 0 radical (unpaired) electrons. The molecule has 136 valence electrons. The number of phenols is 4. The first-order valence-electron chi connectivity index (χ1n) is 8.87. The predicted octanol–water partition coefficient (Wildman–Crippen LogP) is 3.97. The van der Waals surface area contributed by atoms with Gasteiger partial charge < -0.3 is 20.4 Å². The maximum absolute atomic E-state index is 10.7. The minimum atomic E-state index is 0.0261. The van der Waals surface area contributed by atoms with Crippen LogP contribution in [0.1, 0.15) is 0 Å². The average Bonchev–Trinajstić information content (AvgIpc) is 2.67. The number of fused-ring (bicyclic) bond motifs is 4. The fourth-order valence-electron chi connectivity index (χ4n) is 4.11. The van der Waals surface area contributed by atoms with Crippen LogP contribution >= 0.6 is 0 Å². The maximum Gasteiger partial charge on any atom is 0.124 e. The number of aromatic hydroxyl groups is 4. The fourth-order valence-corrected chi connectivity index (χ4v) is 4.11. The first kappa shape index (κ1) is 16.3. The molecular formula is C24H16O4. The molecule has 0 aliphatic heterocycles. The lowest BCUT2D eigenvalue weighted by atomic mass is 10.0. The molecule has 0 saturated heterocycles. The van der Waals surface area contributed by atoms with Crippen molar-refractivity contribution in [1.29, 1.82) is 0 Å². The van der Waals surface area contributed by atoms with Crippen molar-refractivity contribution < 1.29 is 20.4 Å². The van der Waals surface area contributed by atoms with E-state index in [2.05, 4.69) is 0 Å². The third-order valence-electron chi connectivity index (χ3n) is 5.25. The van der Waals surface area contributed by atoms with Crippen molar-refractivity contribution in [3.63, 3.8) is 0 Å². The molecule has 1 aliphatic carbocycles. The van der Waals surface area contributed by atoms with Gasteiger partial charge in [0.15, 0.2) is 0 Å². The highest BCUT2D eigenvalue weighted by Gasteiger charge is 2.09. The van der Waals surface area contributed by atoms with Crippen molar-refractivity contribution in [2.45, 2.75) is 0 Å². The Morgan fingerprint density at radius 3 is 0.750 bits per heavy atom. The standard InChI is InChI=1S/C24H16O4/c25-17-9-1-5-13-14-6-2-10-18(26)22(14)24-16(8-4-12-20(24)28)15-7-3-11-19(27)23(15)21(13)17/h1-12,25-28H. The summed E-state index contributed by atoms with van der Waals surface area (Å²) < 4.78 is 0. The monoisotopic (exact) mass is 368 g/mol. The van der Waals surface area contributed by atoms with Crippen LogP contribution in [0.5, 0.6) is 23.0 Å². The molecule has 0 bridgehead atoms. The summed E-state index contributed by atoms with van der Waals surface area (Å²) in [6, 6.07) is 20.5. The van der Waals surface area contributed by atoms with Crippen molar-refractivity contribution in [3.8, 4) is 23.0 Å². The topological polar surface area (TPSA) is 80.9 Å². The van der Waals surface area contributed by atoms with E-state index in [4.69, 9.17) is 0 Å². The van der Waals surface area contributed by atoms with Gasteiger partial charge in [0.2, 0.25) is 0 Å². The molecule has 4 nitrogen and oxygen atoms in total. The lowest BCUT2D eigenvalue weighted by Crippen LogP contribution is -1.91. The van der Waals surface area contributed by atoms with Gasteiger partial charge in [0.05, 0.1) is 0 Å². The molecule has 0 unspecified atom stereocenters. The van der Waals surface area contributed by atoms with Gasteiger partial charge in [-0.25, -0.2) is 0 Å². The molecule has 1 aliphatic rings. The second-order valence-corrected chi connectivity index (χ2v) is 6.80. The normalized spacial score (nSPS) is 11.4. The Kier molecular flexibility index (Phi) is 3.36. The molecule has 4 N–H and O–H groups in total. The molecule has 0 aromatic heterocycles. The fraction of sp³-hybridized carbons (Fsp3) is 0. The van der Waals surface area contributed by atoms with Crippen LogP contribution < -0.4 is 0 Å². The lowest BCUT2D eigenvalue weighted by molar-refractivity contribution is 0.459. The Morgan fingerprint density at radius 1 is 0.321 bits per heavy atom. The molecule has 4 heteroatoms. The van der Waals surface area contributed by atoms with E-state index in [0.717, 1.165) is 0 Å². The van der Waals surface area contributed by atoms with Crippen LogP contribution in [0.4, 0.5) is 0 Å². The van der Waals surface area contributed by atoms with E-state index in [1.54, 1.807) is 48.5 Å². The molecule has 0 fully saturated rings. The van der Waals surface area contributed by atoms with Gasteiger partial charge in [-0.05, 0) is 45.1 Å². The van der Waals surface area contributed by atoms with E-state index < -0.39 is 0 Å². The molecule has 0 atom stereocenters. The summed E-state index contributed by atoms with van der Waals surface area (Å²) in [6.45, 7) is 0. The van der Waals surface area contributed by atoms with Crippen LogP contribution in [0.2, 0.25) is 0 Å². The minimum Gasteiger partial charge on any atom is -0.507 e. The molecule has 4 aromatic carbocycles. The number of phenolic OH excluding ortho intramolecular Hbond substituents is 4. The second-order valence-electron chi connectivity index (χ2n) is 6.80. The van der Waals surface area contributed by atoms with Crippen molar-refractivity contribution in [2.24, 2.45) is 0 Å². The van der Waals surface area contributed by atoms with Gasteiger partial charge in [0.25, 0.3) is 0 Å². The zero-order valence-electron chi connectivity index (χ0n) is 14.7. The van der Waals surface area contributed by atoms with Crippen LogP contribution in [0, 0.1) is 41.7 Å². The summed E-state index contributed by atoms with van der Waals surface area (Å²) in [5, 5.41) is 47.4. The highest BCUT2D eigenvalue weighted by Crippen LogP contribution is 2.27. The molecular weight excluding hydrogens is 352 g/mol. The minimum absolute atomic E-state index is 0.0261. The van der Waals surface area contributed by atoms with Crippen molar-refractivity contribution in [2.75, 3.05) is 0 Å². The second kappa shape index (κ2) is 5.79. The molecule has 0 amide bonds. The van der Waals surface area contributed by atoms with Crippen LogP contribution in [0.3, 0.4) is 0 Å². The highest BCUT2D eigenvalue weighted by molar-refractivity contribution is 5.42. The Labute approximate surface area is 158 Å². The maximum atomic E-state index is 10.7. The summed E-state index contributed by atoms with van der Waals surface area (Å²) in [7, 11) is 0. The van der Waals surface area contributed by atoms with Crippen LogP contribution in [-0.4, -0.2) is 20.4 Å². The van der Waals surface area contributed by atoms with Gasteiger partial charge in [0.1, 0.15) is 23.0 Å². The number of benzene rings is 4. The Balaban J connectivity index is 2.54. The number of rotatable bonds is 0. The predicted molar refractivity (Wildman–Crippen MR) is 103 cm³/mol. The van der Waals surface area contributed by atoms with Crippen molar-refractivity contribution in [3.05, 3.63) is 115 Å². The quantitative estimate of drug-likeness (QED) is 0.333. The summed E-state index contributed by atoms with van der Waals surface area (Å²) in [5.74, 6) is 0.104. The molecule has 28 heavy (non-hydrogen) atoms. The van der Waals surface area contributed by atoms with E-state index in [1.165, 1.54) is 0 Å². The van der Waals surface area contributed by atoms with Gasteiger partial charge in [-0.1, -0.05) is 48.5 Å². The molecule has 0 saturated carbocycles. The highest BCUT2D eigenvalue weighted by atomic mass is 16.3. The average molecular weight is 368 g/mol. The summed E-state index contributed by atoms with van der Waals surface area (Å²) in [5.41, 5.74) is 0. The smallest absolute Gasteiger partial charge is 0.124 e. The Hall–Kier alpha value is -3.92. The van der Waals surface area contributed by atoms with Crippen LogP contribution in [0.15, 0.2) is 72.8 Å². The van der Waals surface area contributed by atoms with Gasteiger partial charge >= 0.3 is 0 Å². The number of hydrogen-bond donors (Lipinski definition) is 4. The SMILES string of the molecule is Oc1cccc2c1=c1c(O)cccc1=c1cccc(O)c1=c1c(O)cccc1=2. The zero-order valence-corrected chi connectivity index (χ0v) is 14.7. The number of hydrogen-bond acceptors (Lipinski definition) is 4. The van der Waals surface area contributed by atoms with Crippen LogP contribution in [-0.2, 0) is 0 Å². The third-order valence-corrected chi connectivity index (χ3v) is 5.25. The van der Waals surface area contributed by atoms with Gasteiger partial charge in [-0.15, -0.1) is 0 Å². The summed E-state index contributed by atoms with van der Waals surface area (Å²) in [4.78, 5) is 0. The van der Waals surface area contributed by atoms with E-state index >= 15 is 0 Å². The third kappa shape index (κ3) is 2.12. The Morgan fingerprint density at radius 2 is 0.536 bits per heavy atom. The van der Waals surface area contributed by atoms with E-state index in [1.807, 2.05) is 24.3 Å². The van der Waals surface area contributed by atoms with Crippen LogP contribution in [0.25, 0.3) is 0 Å². The van der Waals surface area contributed by atoms with E-state index in [-0.39, 0.29) is 23.0 Å². The van der Waals surface area contributed by atoms with Crippen molar-refractivity contribution in [1.82, 2.24) is 0 Å². The molecule has 0 spiro atoms. The lowest BCUT2D eigenvalue weighted by Gasteiger charge is -2.07. The first-order chi connectivity index (χ1) is 13.6. The zero-order chi connectivity index (χ0) is 19.4.